The summed E-state index contributed by atoms with van der Waals surface area (Å²) in [6, 6.07) is 12.2. The van der Waals surface area contributed by atoms with Gasteiger partial charge in [-0.25, -0.2) is 0 Å². The molecule has 0 fully saturated rings. The first-order chi connectivity index (χ1) is 11.5. The molecule has 0 radical (unpaired) electrons. The highest BCUT2D eigenvalue weighted by atomic mass is 16.5. The second-order valence-corrected chi connectivity index (χ2v) is 6.12. The summed E-state index contributed by atoms with van der Waals surface area (Å²) in [6.45, 7) is 8.68. The Labute approximate surface area is 145 Å². The molecule has 0 unspecified atom stereocenters. The molecule has 3 nitrogen and oxygen atoms in total. The summed E-state index contributed by atoms with van der Waals surface area (Å²) in [5.41, 5.74) is 5.67. The molecule has 2 aromatic carbocycles. The monoisotopic (exact) mass is 325 g/mol. The predicted octanol–water partition coefficient (Wildman–Crippen LogP) is 4.82. The van der Waals surface area contributed by atoms with Crippen molar-refractivity contribution in [1.29, 1.82) is 0 Å². The summed E-state index contributed by atoms with van der Waals surface area (Å²) < 4.78 is 6.07. The number of benzene rings is 2. The van der Waals surface area contributed by atoms with Crippen LogP contribution in [0.3, 0.4) is 0 Å². The van der Waals surface area contributed by atoms with Gasteiger partial charge in [-0.3, -0.25) is 4.79 Å². The van der Waals surface area contributed by atoms with Crippen LogP contribution >= 0.6 is 0 Å². The van der Waals surface area contributed by atoms with Crippen LogP contribution in [-0.4, -0.2) is 13.0 Å². The minimum absolute atomic E-state index is 0.0989. The minimum atomic E-state index is 0.0989. The quantitative estimate of drug-likeness (QED) is 0.762. The van der Waals surface area contributed by atoms with E-state index >= 15 is 0 Å². The zero-order chi connectivity index (χ0) is 17.7. The molecule has 0 bridgehead atoms. The number of amides is 1. The van der Waals surface area contributed by atoms with E-state index in [1.807, 2.05) is 38.2 Å². The van der Waals surface area contributed by atoms with Crippen LogP contribution < -0.4 is 9.64 Å². The lowest BCUT2D eigenvalue weighted by Crippen LogP contribution is -2.26. The Balaban J connectivity index is 2.21. The molecule has 2 aromatic rings. The van der Waals surface area contributed by atoms with Crippen molar-refractivity contribution in [2.45, 2.75) is 47.1 Å². The lowest BCUT2D eigenvalue weighted by atomic mass is 10.0. The van der Waals surface area contributed by atoms with Gasteiger partial charge in [0.15, 0.2) is 0 Å². The van der Waals surface area contributed by atoms with Crippen molar-refractivity contribution < 1.29 is 9.53 Å². The number of hydrogen-bond donors (Lipinski definition) is 0. The molecule has 0 aliphatic rings. The highest BCUT2D eigenvalue weighted by Crippen LogP contribution is 2.26. The van der Waals surface area contributed by atoms with Crippen LogP contribution in [0.2, 0.25) is 0 Å². The molecule has 0 heterocycles. The molecule has 0 atom stereocenters. The van der Waals surface area contributed by atoms with Crippen LogP contribution in [0.15, 0.2) is 36.4 Å². The summed E-state index contributed by atoms with van der Waals surface area (Å²) in [5, 5.41) is 0. The number of ether oxygens (including phenoxy) is 1. The largest absolute Gasteiger partial charge is 0.489 e. The third-order valence-corrected chi connectivity index (χ3v) is 4.43. The maximum Gasteiger partial charge on any atom is 0.226 e. The molecule has 24 heavy (non-hydrogen) atoms. The number of nitrogens with zero attached hydrogens (tertiary/aromatic N) is 1. The topological polar surface area (TPSA) is 29.5 Å². The third kappa shape index (κ3) is 3.97. The number of carbonyl (C=O) groups is 1. The van der Waals surface area contributed by atoms with Crippen LogP contribution in [0.1, 0.15) is 42.5 Å². The maximum absolute atomic E-state index is 12.0. The van der Waals surface area contributed by atoms with Crippen molar-refractivity contribution in [3.8, 4) is 5.75 Å². The standard InChI is InChI=1S/C21H27NO2/c1-6-17-12-16(4)20(13-15(17)3)24-14-18-10-8-9-11-19(18)22(5)21(23)7-2/h8-13H,6-7,14H2,1-5H3. The summed E-state index contributed by atoms with van der Waals surface area (Å²) in [6.07, 6.45) is 1.52. The van der Waals surface area contributed by atoms with Crippen molar-refractivity contribution in [1.82, 2.24) is 0 Å². The Morgan fingerprint density at radius 1 is 1.04 bits per heavy atom. The number of anilines is 1. The fraction of sp³-hybridized carbons (Fsp3) is 0.381. The molecule has 1 amide bonds. The van der Waals surface area contributed by atoms with Crippen molar-refractivity contribution in [3.05, 3.63) is 58.7 Å². The minimum Gasteiger partial charge on any atom is -0.489 e. The Bertz CT molecular complexity index is 722. The van der Waals surface area contributed by atoms with E-state index in [4.69, 9.17) is 4.74 Å². The highest BCUT2D eigenvalue weighted by Gasteiger charge is 2.13. The predicted molar refractivity (Wildman–Crippen MR) is 99.8 cm³/mol. The van der Waals surface area contributed by atoms with Crippen molar-refractivity contribution >= 4 is 11.6 Å². The molecule has 0 aliphatic heterocycles. The van der Waals surface area contributed by atoms with Crippen molar-refractivity contribution in [3.63, 3.8) is 0 Å². The Hall–Kier alpha value is -2.29. The van der Waals surface area contributed by atoms with E-state index in [0.29, 0.717) is 13.0 Å². The number of aryl methyl sites for hydroxylation is 3. The molecular formula is C21H27NO2. The SMILES string of the molecule is CCC(=O)N(C)c1ccccc1COc1cc(C)c(CC)cc1C. The van der Waals surface area contributed by atoms with Gasteiger partial charge in [-0.2, -0.15) is 0 Å². The maximum atomic E-state index is 12.0. The molecule has 2 rings (SSSR count). The Morgan fingerprint density at radius 2 is 1.75 bits per heavy atom. The first kappa shape index (κ1) is 18.1. The first-order valence-electron chi connectivity index (χ1n) is 8.55. The third-order valence-electron chi connectivity index (χ3n) is 4.43. The Kier molecular flexibility index (Phi) is 6.02. The van der Waals surface area contributed by atoms with Gasteiger partial charge < -0.3 is 9.64 Å². The second kappa shape index (κ2) is 8.00. The molecule has 0 saturated heterocycles. The first-order valence-corrected chi connectivity index (χ1v) is 8.55. The average molecular weight is 325 g/mol. The summed E-state index contributed by atoms with van der Waals surface area (Å²) >= 11 is 0. The van der Waals surface area contributed by atoms with Gasteiger partial charge in [0.05, 0.1) is 0 Å². The van der Waals surface area contributed by atoms with Gasteiger partial charge >= 0.3 is 0 Å². The highest BCUT2D eigenvalue weighted by molar-refractivity contribution is 5.93. The van der Waals surface area contributed by atoms with E-state index in [1.165, 1.54) is 11.1 Å². The molecule has 0 aliphatic carbocycles. The van der Waals surface area contributed by atoms with Gasteiger partial charge in [0.25, 0.3) is 0 Å². The average Bonchev–Trinajstić information content (AvgIpc) is 2.60. The van der Waals surface area contributed by atoms with E-state index in [9.17, 15) is 4.79 Å². The number of rotatable bonds is 6. The molecule has 3 heteroatoms. The number of carbonyl (C=O) groups excluding carboxylic acids is 1. The van der Waals surface area contributed by atoms with Crippen molar-refractivity contribution in [2.24, 2.45) is 0 Å². The zero-order valence-corrected chi connectivity index (χ0v) is 15.3. The van der Waals surface area contributed by atoms with Gasteiger partial charge in [-0.05, 0) is 49.1 Å². The fourth-order valence-electron chi connectivity index (χ4n) is 2.87. The fourth-order valence-corrected chi connectivity index (χ4v) is 2.87. The molecule has 0 saturated carbocycles. The normalized spacial score (nSPS) is 10.5. The van der Waals surface area contributed by atoms with Crippen molar-refractivity contribution in [2.75, 3.05) is 11.9 Å². The number of hydrogen-bond acceptors (Lipinski definition) is 2. The molecular weight excluding hydrogens is 298 g/mol. The van der Waals surface area contributed by atoms with Gasteiger partial charge in [0.1, 0.15) is 12.4 Å². The van der Waals surface area contributed by atoms with E-state index in [1.54, 1.807) is 4.90 Å². The van der Waals surface area contributed by atoms with Gasteiger partial charge in [0, 0.05) is 24.7 Å². The van der Waals surface area contributed by atoms with Crippen LogP contribution in [-0.2, 0) is 17.8 Å². The summed E-state index contributed by atoms with van der Waals surface area (Å²) in [4.78, 5) is 13.7. The van der Waals surface area contributed by atoms with Crippen LogP contribution in [0.4, 0.5) is 5.69 Å². The lowest BCUT2D eigenvalue weighted by molar-refractivity contribution is -0.118. The summed E-state index contributed by atoms with van der Waals surface area (Å²) in [7, 11) is 1.82. The van der Waals surface area contributed by atoms with Gasteiger partial charge in [-0.1, -0.05) is 38.1 Å². The zero-order valence-electron chi connectivity index (χ0n) is 15.3. The molecule has 0 N–H and O–H groups in total. The van der Waals surface area contributed by atoms with E-state index < -0.39 is 0 Å². The summed E-state index contributed by atoms with van der Waals surface area (Å²) in [5.74, 6) is 1.01. The molecule has 128 valence electrons. The van der Waals surface area contributed by atoms with Gasteiger partial charge in [0.2, 0.25) is 5.91 Å². The smallest absolute Gasteiger partial charge is 0.226 e. The lowest BCUT2D eigenvalue weighted by Gasteiger charge is -2.21. The van der Waals surface area contributed by atoms with Crippen LogP contribution in [0.25, 0.3) is 0 Å². The molecule has 0 aromatic heterocycles. The van der Waals surface area contributed by atoms with Gasteiger partial charge in [-0.15, -0.1) is 0 Å². The number of para-hydroxylation sites is 1. The van der Waals surface area contributed by atoms with E-state index in [-0.39, 0.29) is 5.91 Å². The van der Waals surface area contributed by atoms with Crippen LogP contribution in [0, 0.1) is 13.8 Å². The second-order valence-electron chi connectivity index (χ2n) is 6.12. The molecule has 0 spiro atoms. The van der Waals surface area contributed by atoms with E-state index in [0.717, 1.165) is 29.0 Å². The Morgan fingerprint density at radius 3 is 2.42 bits per heavy atom. The van der Waals surface area contributed by atoms with Crippen LogP contribution in [0.5, 0.6) is 5.75 Å². The van der Waals surface area contributed by atoms with E-state index in [2.05, 4.69) is 32.9 Å².